The molecule has 0 aromatic heterocycles. The third-order valence-corrected chi connectivity index (χ3v) is 5.31. The van der Waals surface area contributed by atoms with Crippen LogP contribution in [0.2, 0.25) is 0 Å². The highest BCUT2D eigenvalue weighted by molar-refractivity contribution is 5.46. The summed E-state index contributed by atoms with van der Waals surface area (Å²) in [5.74, 6) is 1.78. The molecule has 0 spiro atoms. The zero-order valence-electron chi connectivity index (χ0n) is 17.4. The molecule has 1 aromatic carbocycles. The Kier molecular flexibility index (Phi) is 10.6. The lowest BCUT2D eigenvalue weighted by Crippen LogP contribution is -2.46. The molecule has 1 fully saturated rings. The fourth-order valence-corrected chi connectivity index (χ4v) is 3.62. The van der Waals surface area contributed by atoms with E-state index in [0.717, 1.165) is 76.8 Å². The lowest BCUT2D eigenvalue weighted by Gasteiger charge is -2.35. The normalized spacial score (nSPS) is 15.8. The minimum absolute atomic E-state index is 0.768. The standard InChI is InChI=1S/C22H39N3O2/c1-3-4-5-6-7-18-27-22-20(10-8-11-21(22)26-2)19-25-16-14-24(15-17-25)13-9-12-23/h8,10-11H,3-7,9,12-19,23H2,1-2H3. The number of methoxy groups -OCH3 is 1. The molecule has 0 aliphatic carbocycles. The number of benzene rings is 1. The van der Waals surface area contributed by atoms with E-state index in [1.165, 1.54) is 31.2 Å². The predicted molar refractivity (Wildman–Crippen MR) is 113 cm³/mol. The SMILES string of the molecule is CCCCCCCOc1c(CN2CCN(CCCN)CC2)cccc1OC. The molecule has 154 valence electrons. The molecule has 2 rings (SSSR count). The lowest BCUT2D eigenvalue weighted by molar-refractivity contribution is 0.125. The van der Waals surface area contributed by atoms with Crippen LogP contribution in [0, 0.1) is 0 Å². The topological polar surface area (TPSA) is 51.0 Å². The van der Waals surface area contributed by atoms with Crippen molar-refractivity contribution < 1.29 is 9.47 Å². The summed E-state index contributed by atoms with van der Waals surface area (Å²) in [5, 5.41) is 0. The van der Waals surface area contributed by atoms with Crippen molar-refractivity contribution in [2.45, 2.75) is 52.0 Å². The summed E-state index contributed by atoms with van der Waals surface area (Å²) < 4.78 is 11.7. The number of hydrogen-bond acceptors (Lipinski definition) is 5. The Hall–Kier alpha value is -1.30. The van der Waals surface area contributed by atoms with Gasteiger partial charge < -0.3 is 20.1 Å². The minimum atomic E-state index is 0.768. The Morgan fingerprint density at radius 3 is 2.41 bits per heavy atom. The largest absolute Gasteiger partial charge is 0.493 e. The molecule has 0 amide bonds. The molecule has 27 heavy (non-hydrogen) atoms. The molecule has 1 heterocycles. The van der Waals surface area contributed by atoms with Crippen LogP contribution < -0.4 is 15.2 Å². The highest BCUT2D eigenvalue weighted by Crippen LogP contribution is 2.32. The third-order valence-electron chi connectivity index (χ3n) is 5.31. The van der Waals surface area contributed by atoms with Crippen molar-refractivity contribution in [2.75, 3.05) is 53.0 Å². The van der Waals surface area contributed by atoms with Gasteiger partial charge in [-0.05, 0) is 32.0 Å². The molecular weight excluding hydrogens is 338 g/mol. The van der Waals surface area contributed by atoms with Crippen molar-refractivity contribution in [3.8, 4) is 11.5 Å². The van der Waals surface area contributed by atoms with E-state index in [2.05, 4.69) is 28.9 Å². The summed E-state index contributed by atoms with van der Waals surface area (Å²) in [6, 6.07) is 6.25. The maximum atomic E-state index is 6.18. The molecule has 0 unspecified atom stereocenters. The summed E-state index contributed by atoms with van der Waals surface area (Å²) in [5.41, 5.74) is 6.86. The average Bonchev–Trinajstić information content (AvgIpc) is 2.70. The van der Waals surface area contributed by atoms with Crippen molar-refractivity contribution in [1.29, 1.82) is 0 Å². The van der Waals surface area contributed by atoms with Crippen LogP contribution in [0.1, 0.15) is 51.0 Å². The van der Waals surface area contributed by atoms with E-state index in [4.69, 9.17) is 15.2 Å². The molecule has 2 N–H and O–H groups in total. The summed E-state index contributed by atoms with van der Waals surface area (Å²) in [6.07, 6.45) is 7.33. The fourth-order valence-electron chi connectivity index (χ4n) is 3.62. The number of ether oxygens (including phenoxy) is 2. The number of piperazine rings is 1. The Labute approximate surface area is 165 Å². The summed E-state index contributed by atoms with van der Waals surface area (Å²) in [4.78, 5) is 5.03. The van der Waals surface area contributed by atoms with E-state index in [1.54, 1.807) is 7.11 Å². The number of hydrogen-bond donors (Lipinski definition) is 1. The zero-order valence-corrected chi connectivity index (χ0v) is 17.4. The van der Waals surface area contributed by atoms with Gasteiger partial charge >= 0.3 is 0 Å². The van der Waals surface area contributed by atoms with E-state index in [0.29, 0.717) is 0 Å². The van der Waals surface area contributed by atoms with Crippen molar-refractivity contribution in [3.63, 3.8) is 0 Å². The molecule has 5 heteroatoms. The number of nitrogens with two attached hydrogens (primary N) is 1. The van der Waals surface area contributed by atoms with Crippen LogP contribution in [0.5, 0.6) is 11.5 Å². The first-order valence-electron chi connectivity index (χ1n) is 10.7. The molecule has 5 nitrogen and oxygen atoms in total. The number of para-hydroxylation sites is 1. The van der Waals surface area contributed by atoms with Gasteiger partial charge in [0.15, 0.2) is 11.5 Å². The molecule has 0 radical (unpaired) electrons. The first-order chi connectivity index (χ1) is 13.3. The zero-order chi connectivity index (χ0) is 19.3. The molecule has 1 saturated heterocycles. The summed E-state index contributed by atoms with van der Waals surface area (Å²) in [6.45, 7) is 10.3. The molecule has 0 atom stereocenters. The maximum Gasteiger partial charge on any atom is 0.165 e. The number of nitrogens with zero attached hydrogens (tertiary/aromatic N) is 2. The van der Waals surface area contributed by atoms with Gasteiger partial charge in [0.25, 0.3) is 0 Å². The van der Waals surface area contributed by atoms with Crippen LogP contribution in [0.3, 0.4) is 0 Å². The molecule has 0 saturated carbocycles. The van der Waals surface area contributed by atoms with Gasteiger partial charge in [-0.2, -0.15) is 0 Å². The van der Waals surface area contributed by atoms with Crippen LogP contribution >= 0.6 is 0 Å². The minimum Gasteiger partial charge on any atom is -0.493 e. The van der Waals surface area contributed by atoms with Crippen molar-refractivity contribution >= 4 is 0 Å². The van der Waals surface area contributed by atoms with Crippen LogP contribution in [0.15, 0.2) is 18.2 Å². The van der Waals surface area contributed by atoms with Crippen molar-refractivity contribution in [3.05, 3.63) is 23.8 Å². The van der Waals surface area contributed by atoms with Crippen LogP contribution in [-0.4, -0.2) is 62.8 Å². The second kappa shape index (κ2) is 13.0. The van der Waals surface area contributed by atoms with E-state index >= 15 is 0 Å². The van der Waals surface area contributed by atoms with Gasteiger partial charge in [0.2, 0.25) is 0 Å². The van der Waals surface area contributed by atoms with Crippen LogP contribution in [0.4, 0.5) is 0 Å². The van der Waals surface area contributed by atoms with Crippen molar-refractivity contribution in [1.82, 2.24) is 9.80 Å². The van der Waals surface area contributed by atoms with Gasteiger partial charge in [-0.15, -0.1) is 0 Å². The van der Waals surface area contributed by atoms with Gasteiger partial charge in [-0.1, -0.05) is 44.7 Å². The Bertz CT molecular complexity index is 516. The average molecular weight is 378 g/mol. The molecule has 0 bridgehead atoms. The first-order valence-corrected chi connectivity index (χ1v) is 10.7. The monoisotopic (exact) mass is 377 g/mol. The Morgan fingerprint density at radius 1 is 0.963 bits per heavy atom. The second-order valence-electron chi connectivity index (χ2n) is 7.47. The molecular formula is C22H39N3O2. The highest BCUT2D eigenvalue weighted by Gasteiger charge is 2.19. The first kappa shape index (κ1) is 22.0. The number of unbranched alkanes of at least 4 members (excludes halogenated alkanes) is 4. The van der Waals surface area contributed by atoms with Gasteiger partial charge in [-0.3, -0.25) is 4.90 Å². The van der Waals surface area contributed by atoms with Gasteiger partial charge in [0.1, 0.15) is 0 Å². The van der Waals surface area contributed by atoms with E-state index in [9.17, 15) is 0 Å². The van der Waals surface area contributed by atoms with E-state index in [-0.39, 0.29) is 0 Å². The van der Waals surface area contributed by atoms with E-state index < -0.39 is 0 Å². The third kappa shape index (κ3) is 7.68. The maximum absolute atomic E-state index is 6.18. The lowest BCUT2D eigenvalue weighted by atomic mass is 10.1. The molecule has 1 aromatic rings. The predicted octanol–water partition coefficient (Wildman–Crippen LogP) is 3.51. The smallest absolute Gasteiger partial charge is 0.165 e. The fraction of sp³-hybridized carbons (Fsp3) is 0.727. The Morgan fingerprint density at radius 2 is 1.70 bits per heavy atom. The van der Waals surface area contributed by atoms with Crippen molar-refractivity contribution in [2.24, 2.45) is 5.73 Å². The van der Waals surface area contributed by atoms with Gasteiger partial charge in [-0.25, -0.2) is 0 Å². The van der Waals surface area contributed by atoms with Crippen LogP contribution in [0.25, 0.3) is 0 Å². The highest BCUT2D eigenvalue weighted by atomic mass is 16.5. The number of rotatable bonds is 13. The molecule has 1 aliphatic heterocycles. The summed E-state index contributed by atoms with van der Waals surface area (Å²) in [7, 11) is 1.73. The van der Waals surface area contributed by atoms with Gasteiger partial charge in [0.05, 0.1) is 13.7 Å². The van der Waals surface area contributed by atoms with E-state index in [1.807, 2.05) is 6.07 Å². The van der Waals surface area contributed by atoms with Crippen LogP contribution in [-0.2, 0) is 6.54 Å². The summed E-state index contributed by atoms with van der Waals surface area (Å²) >= 11 is 0. The second-order valence-corrected chi connectivity index (χ2v) is 7.47. The quantitative estimate of drug-likeness (QED) is 0.533. The Balaban J connectivity index is 1.86. The molecule has 1 aliphatic rings. The van der Waals surface area contributed by atoms with Gasteiger partial charge in [0, 0.05) is 38.3 Å².